The predicted octanol–water partition coefficient (Wildman–Crippen LogP) is 0.719. The van der Waals surface area contributed by atoms with Gasteiger partial charge in [0.1, 0.15) is 0 Å². The maximum Gasteiger partial charge on any atom is 0.307 e. The SMILES string of the molecule is CC(CSCC1CCC(=O)N1)C(=O)O. The van der Waals surface area contributed by atoms with Gasteiger partial charge in [0.25, 0.3) is 0 Å². The standard InChI is InChI=1S/C9H15NO3S/c1-6(9(12)13)4-14-5-7-2-3-8(11)10-7/h6-7H,2-5H2,1H3,(H,10,11)(H,12,13). The van der Waals surface area contributed by atoms with Gasteiger partial charge in [0.15, 0.2) is 0 Å². The molecule has 1 aliphatic rings. The maximum absolute atomic E-state index is 10.8. The van der Waals surface area contributed by atoms with Crippen molar-refractivity contribution in [2.24, 2.45) is 5.92 Å². The molecule has 2 atom stereocenters. The zero-order valence-corrected chi connectivity index (χ0v) is 8.97. The van der Waals surface area contributed by atoms with Crippen molar-refractivity contribution in [3.05, 3.63) is 0 Å². The number of nitrogens with one attached hydrogen (secondary N) is 1. The first kappa shape index (κ1) is 11.4. The van der Waals surface area contributed by atoms with E-state index >= 15 is 0 Å². The Labute approximate surface area is 87.4 Å². The highest BCUT2D eigenvalue weighted by Crippen LogP contribution is 2.15. The molecule has 0 spiro atoms. The summed E-state index contributed by atoms with van der Waals surface area (Å²) in [5, 5.41) is 11.5. The molecule has 4 nitrogen and oxygen atoms in total. The van der Waals surface area contributed by atoms with Crippen molar-refractivity contribution in [2.45, 2.75) is 25.8 Å². The second kappa shape index (κ2) is 5.24. The maximum atomic E-state index is 10.8. The molecule has 1 fully saturated rings. The summed E-state index contributed by atoms with van der Waals surface area (Å²) < 4.78 is 0. The summed E-state index contributed by atoms with van der Waals surface area (Å²) in [6.07, 6.45) is 1.49. The Morgan fingerprint density at radius 2 is 2.50 bits per heavy atom. The fourth-order valence-corrected chi connectivity index (χ4v) is 2.43. The third-order valence-electron chi connectivity index (χ3n) is 2.19. The quantitative estimate of drug-likeness (QED) is 0.712. The molecule has 2 unspecified atom stereocenters. The molecule has 0 aliphatic carbocycles. The summed E-state index contributed by atoms with van der Waals surface area (Å²) in [5.41, 5.74) is 0. The lowest BCUT2D eigenvalue weighted by Gasteiger charge is -2.10. The lowest BCUT2D eigenvalue weighted by Crippen LogP contribution is -2.27. The van der Waals surface area contributed by atoms with E-state index in [0.717, 1.165) is 12.2 Å². The number of aliphatic carboxylic acids is 1. The molecule has 5 heteroatoms. The lowest BCUT2D eigenvalue weighted by molar-refractivity contribution is -0.140. The second-order valence-electron chi connectivity index (χ2n) is 3.58. The molecular formula is C9H15NO3S. The van der Waals surface area contributed by atoms with E-state index in [1.165, 1.54) is 0 Å². The highest BCUT2D eigenvalue weighted by Gasteiger charge is 2.21. The van der Waals surface area contributed by atoms with Crippen LogP contribution in [0.15, 0.2) is 0 Å². The normalized spacial score (nSPS) is 23.2. The van der Waals surface area contributed by atoms with Crippen LogP contribution in [0.5, 0.6) is 0 Å². The summed E-state index contributed by atoms with van der Waals surface area (Å²) in [6.45, 7) is 1.70. The van der Waals surface area contributed by atoms with E-state index in [-0.39, 0.29) is 17.9 Å². The molecule has 0 aromatic rings. The lowest BCUT2D eigenvalue weighted by atomic mass is 10.2. The number of carbonyl (C=O) groups is 2. The van der Waals surface area contributed by atoms with Gasteiger partial charge < -0.3 is 10.4 Å². The molecule has 0 saturated carbocycles. The number of hydrogen-bond acceptors (Lipinski definition) is 3. The minimum Gasteiger partial charge on any atom is -0.481 e. The Bertz CT molecular complexity index is 232. The first-order valence-corrected chi connectivity index (χ1v) is 5.85. The van der Waals surface area contributed by atoms with E-state index < -0.39 is 5.97 Å². The number of rotatable bonds is 5. The van der Waals surface area contributed by atoms with Crippen molar-refractivity contribution in [1.29, 1.82) is 0 Å². The second-order valence-corrected chi connectivity index (χ2v) is 4.65. The first-order valence-electron chi connectivity index (χ1n) is 4.69. The number of carboxylic acids is 1. The molecule has 1 heterocycles. The topological polar surface area (TPSA) is 66.4 Å². The Hall–Kier alpha value is -0.710. The van der Waals surface area contributed by atoms with Crippen LogP contribution in [-0.2, 0) is 9.59 Å². The average Bonchev–Trinajstić information content (AvgIpc) is 2.51. The Kier molecular flexibility index (Phi) is 4.25. The average molecular weight is 217 g/mol. The van der Waals surface area contributed by atoms with E-state index in [0.29, 0.717) is 12.2 Å². The van der Waals surface area contributed by atoms with Crippen LogP contribution in [0.25, 0.3) is 0 Å². The molecule has 0 aromatic heterocycles. The Morgan fingerprint density at radius 3 is 3.00 bits per heavy atom. The van der Waals surface area contributed by atoms with Gasteiger partial charge in [-0.2, -0.15) is 11.8 Å². The Morgan fingerprint density at radius 1 is 1.79 bits per heavy atom. The monoisotopic (exact) mass is 217 g/mol. The largest absolute Gasteiger partial charge is 0.481 e. The summed E-state index contributed by atoms with van der Waals surface area (Å²) in [7, 11) is 0. The van der Waals surface area contributed by atoms with Crippen LogP contribution in [0, 0.1) is 5.92 Å². The van der Waals surface area contributed by atoms with Gasteiger partial charge >= 0.3 is 5.97 Å². The molecule has 0 radical (unpaired) electrons. The van der Waals surface area contributed by atoms with Gasteiger partial charge in [-0.05, 0) is 6.42 Å². The van der Waals surface area contributed by atoms with Crippen molar-refractivity contribution in [3.63, 3.8) is 0 Å². The van der Waals surface area contributed by atoms with Crippen LogP contribution in [0.3, 0.4) is 0 Å². The summed E-state index contributed by atoms with van der Waals surface area (Å²) >= 11 is 1.59. The molecular weight excluding hydrogens is 202 g/mol. The van der Waals surface area contributed by atoms with Crippen LogP contribution in [0.2, 0.25) is 0 Å². The van der Waals surface area contributed by atoms with E-state index in [1.54, 1.807) is 18.7 Å². The number of carboxylic acid groups (broad SMARTS) is 1. The highest BCUT2D eigenvalue weighted by atomic mass is 32.2. The zero-order chi connectivity index (χ0) is 10.6. The molecule has 1 rings (SSSR count). The predicted molar refractivity (Wildman–Crippen MR) is 55.3 cm³/mol. The smallest absolute Gasteiger partial charge is 0.307 e. The molecule has 80 valence electrons. The van der Waals surface area contributed by atoms with Gasteiger partial charge in [-0.25, -0.2) is 0 Å². The van der Waals surface area contributed by atoms with Gasteiger partial charge in [0.05, 0.1) is 5.92 Å². The number of carbonyl (C=O) groups excluding carboxylic acids is 1. The zero-order valence-electron chi connectivity index (χ0n) is 8.16. The molecule has 1 aliphatic heterocycles. The minimum absolute atomic E-state index is 0.113. The minimum atomic E-state index is -0.757. The van der Waals surface area contributed by atoms with E-state index in [4.69, 9.17) is 5.11 Å². The van der Waals surface area contributed by atoms with Crippen molar-refractivity contribution >= 4 is 23.6 Å². The van der Waals surface area contributed by atoms with Crippen LogP contribution in [0.1, 0.15) is 19.8 Å². The molecule has 14 heavy (non-hydrogen) atoms. The number of hydrogen-bond donors (Lipinski definition) is 2. The van der Waals surface area contributed by atoms with Crippen LogP contribution < -0.4 is 5.32 Å². The van der Waals surface area contributed by atoms with Crippen molar-refractivity contribution < 1.29 is 14.7 Å². The fraction of sp³-hybridized carbons (Fsp3) is 0.778. The molecule has 1 amide bonds. The third kappa shape index (κ3) is 3.57. The van der Waals surface area contributed by atoms with E-state index in [1.807, 2.05) is 0 Å². The van der Waals surface area contributed by atoms with Crippen molar-refractivity contribution in [1.82, 2.24) is 5.32 Å². The van der Waals surface area contributed by atoms with E-state index in [2.05, 4.69) is 5.32 Å². The first-order chi connectivity index (χ1) is 6.59. The summed E-state index contributed by atoms with van der Waals surface area (Å²) in [5.74, 6) is 0.484. The highest BCUT2D eigenvalue weighted by molar-refractivity contribution is 7.99. The fourth-order valence-electron chi connectivity index (χ4n) is 1.26. The van der Waals surface area contributed by atoms with Crippen LogP contribution in [-0.4, -0.2) is 34.5 Å². The van der Waals surface area contributed by atoms with Gasteiger partial charge in [0, 0.05) is 24.0 Å². The van der Waals surface area contributed by atoms with Gasteiger partial charge in [0.2, 0.25) is 5.91 Å². The van der Waals surface area contributed by atoms with Crippen molar-refractivity contribution in [3.8, 4) is 0 Å². The molecule has 0 bridgehead atoms. The van der Waals surface area contributed by atoms with Gasteiger partial charge in [-0.15, -0.1) is 0 Å². The summed E-state index contributed by atoms with van der Waals surface area (Å²) in [4.78, 5) is 21.3. The molecule has 1 saturated heterocycles. The van der Waals surface area contributed by atoms with Crippen LogP contribution in [0.4, 0.5) is 0 Å². The van der Waals surface area contributed by atoms with Gasteiger partial charge in [-0.3, -0.25) is 9.59 Å². The summed E-state index contributed by atoms with van der Waals surface area (Å²) in [6, 6.07) is 0.244. The number of thioether (sulfide) groups is 1. The van der Waals surface area contributed by atoms with Gasteiger partial charge in [-0.1, -0.05) is 6.92 Å². The van der Waals surface area contributed by atoms with Crippen LogP contribution >= 0.6 is 11.8 Å². The molecule has 2 N–H and O–H groups in total. The third-order valence-corrected chi connectivity index (χ3v) is 3.57. The van der Waals surface area contributed by atoms with Crippen molar-refractivity contribution in [2.75, 3.05) is 11.5 Å². The molecule has 0 aromatic carbocycles. The number of amides is 1. The Balaban J connectivity index is 2.09. The van der Waals surface area contributed by atoms with E-state index in [9.17, 15) is 9.59 Å².